The van der Waals surface area contributed by atoms with Crippen LogP contribution in [0.5, 0.6) is 0 Å². The molecule has 114 valence electrons. The summed E-state index contributed by atoms with van der Waals surface area (Å²) in [4.78, 5) is 13.4. The number of sulfonamides is 1. The summed E-state index contributed by atoms with van der Waals surface area (Å²) >= 11 is 0. The van der Waals surface area contributed by atoms with Gasteiger partial charge in [0.05, 0.1) is 18.4 Å². The number of aliphatic hydroxyl groups is 1. The van der Waals surface area contributed by atoms with Gasteiger partial charge in [-0.1, -0.05) is 30.3 Å². The molecule has 1 aromatic carbocycles. The molecule has 0 aliphatic carbocycles. The molecular weight excluding hydrogens is 292 g/mol. The van der Waals surface area contributed by atoms with E-state index in [0.29, 0.717) is 0 Å². The third-order valence-electron chi connectivity index (χ3n) is 3.18. The van der Waals surface area contributed by atoms with Crippen LogP contribution in [-0.4, -0.2) is 55.8 Å². The Bertz CT molecular complexity index is 628. The van der Waals surface area contributed by atoms with Gasteiger partial charge in [0, 0.05) is 19.2 Å². The van der Waals surface area contributed by atoms with Crippen LogP contribution in [0.4, 0.5) is 0 Å². The number of carbonyl (C=O) groups is 1. The standard InChI is InChI=1S/C14H18N2O4S/c1-21(19,20)15-12-9-16(10-13(12)17)14(18)8-7-11-5-3-2-4-6-11/h2-8,12-13,15,17H,9-10H2,1H3/b8-7+/t12-,13-/m1/s1. The minimum absolute atomic E-state index is 0.116. The van der Waals surface area contributed by atoms with Crippen LogP contribution in [0.2, 0.25) is 0 Å². The van der Waals surface area contributed by atoms with Crippen LogP contribution in [0.3, 0.4) is 0 Å². The van der Waals surface area contributed by atoms with Crippen molar-refractivity contribution in [1.82, 2.24) is 9.62 Å². The van der Waals surface area contributed by atoms with E-state index in [4.69, 9.17) is 0 Å². The molecule has 7 heteroatoms. The topological polar surface area (TPSA) is 86.7 Å². The zero-order chi connectivity index (χ0) is 15.5. The van der Waals surface area contributed by atoms with Gasteiger partial charge >= 0.3 is 0 Å². The van der Waals surface area contributed by atoms with E-state index >= 15 is 0 Å². The van der Waals surface area contributed by atoms with Crippen LogP contribution in [0.25, 0.3) is 6.08 Å². The average molecular weight is 310 g/mol. The van der Waals surface area contributed by atoms with Crippen molar-refractivity contribution >= 4 is 22.0 Å². The summed E-state index contributed by atoms with van der Waals surface area (Å²) in [6.07, 6.45) is 3.24. The number of hydrogen-bond acceptors (Lipinski definition) is 4. The number of hydrogen-bond donors (Lipinski definition) is 2. The van der Waals surface area contributed by atoms with Gasteiger partial charge in [-0.3, -0.25) is 4.79 Å². The highest BCUT2D eigenvalue weighted by molar-refractivity contribution is 7.88. The van der Waals surface area contributed by atoms with Crippen molar-refractivity contribution in [2.45, 2.75) is 12.1 Å². The molecule has 0 aromatic heterocycles. The van der Waals surface area contributed by atoms with Gasteiger partial charge in [0.1, 0.15) is 0 Å². The maximum absolute atomic E-state index is 12.0. The van der Waals surface area contributed by atoms with Crippen LogP contribution in [-0.2, 0) is 14.8 Å². The van der Waals surface area contributed by atoms with Crippen LogP contribution < -0.4 is 4.72 Å². The van der Waals surface area contributed by atoms with Crippen molar-refractivity contribution in [1.29, 1.82) is 0 Å². The van der Waals surface area contributed by atoms with Gasteiger partial charge in [0.15, 0.2) is 0 Å². The van der Waals surface area contributed by atoms with Crippen LogP contribution in [0, 0.1) is 0 Å². The Morgan fingerprint density at radius 2 is 2.00 bits per heavy atom. The van der Waals surface area contributed by atoms with Gasteiger partial charge in [0.2, 0.25) is 15.9 Å². The lowest BCUT2D eigenvalue weighted by molar-refractivity contribution is -0.125. The zero-order valence-corrected chi connectivity index (χ0v) is 12.5. The molecule has 0 radical (unpaired) electrons. The number of benzene rings is 1. The van der Waals surface area contributed by atoms with Crippen molar-refractivity contribution in [3.63, 3.8) is 0 Å². The molecule has 2 N–H and O–H groups in total. The Kier molecular flexibility index (Phi) is 4.76. The first-order chi connectivity index (χ1) is 9.85. The van der Waals surface area contributed by atoms with Crippen LogP contribution in [0.15, 0.2) is 36.4 Å². The average Bonchev–Trinajstić information content (AvgIpc) is 2.77. The molecule has 1 amide bonds. The molecule has 1 aliphatic rings. The largest absolute Gasteiger partial charge is 0.390 e. The van der Waals surface area contributed by atoms with Gasteiger partial charge in [-0.25, -0.2) is 13.1 Å². The highest BCUT2D eigenvalue weighted by Crippen LogP contribution is 2.12. The third kappa shape index (κ3) is 4.66. The van der Waals surface area contributed by atoms with E-state index in [9.17, 15) is 18.3 Å². The molecule has 0 saturated carbocycles. The SMILES string of the molecule is CS(=O)(=O)N[C@@H]1CN(C(=O)/C=C/c2ccccc2)C[C@H]1O. The predicted molar refractivity (Wildman–Crippen MR) is 79.8 cm³/mol. The Hall–Kier alpha value is -1.70. The van der Waals surface area contributed by atoms with Gasteiger partial charge in [0.25, 0.3) is 0 Å². The van der Waals surface area contributed by atoms with E-state index in [1.54, 1.807) is 6.08 Å². The van der Waals surface area contributed by atoms with E-state index in [1.165, 1.54) is 11.0 Å². The van der Waals surface area contributed by atoms with E-state index in [0.717, 1.165) is 11.8 Å². The van der Waals surface area contributed by atoms with Crippen LogP contribution >= 0.6 is 0 Å². The smallest absolute Gasteiger partial charge is 0.246 e. The van der Waals surface area contributed by atoms with Crippen molar-refractivity contribution in [2.24, 2.45) is 0 Å². The minimum Gasteiger partial charge on any atom is -0.390 e. The minimum atomic E-state index is -3.41. The second-order valence-corrected chi connectivity index (χ2v) is 6.83. The fourth-order valence-corrected chi connectivity index (χ4v) is 2.98. The van der Waals surface area contributed by atoms with Crippen molar-refractivity contribution in [3.05, 3.63) is 42.0 Å². The summed E-state index contributed by atoms with van der Waals surface area (Å²) in [6.45, 7) is 0.275. The highest BCUT2D eigenvalue weighted by atomic mass is 32.2. The molecule has 2 atom stereocenters. The zero-order valence-electron chi connectivity index (χ0n) is 11.6. The summed E-state index contributed by atoms with van der Waals surface area (Å²) in [7, 11) is -3.41. The van der Waals surface area contributed by atoms with Gasteiger partial charge in [-0.2, -0.15) is 0 Å². The summed E-state index contributed by atoms with van der Waals surface area (Å²) in [5.74, 6) is -0.254. The number of aliphatic hydroxyl groups excluding tert-OH is 1. The molecule has 1 fully saturated rings. The van der Waals surface area contributed by atoms with Gasteiger partial charge < -0.3 is 10.0 Å². The Labute approximate surface area is 124 Å². The molecular formula is C14H18N2O4S. The molecule has 1 saturated heterocycles. The lowest BCUT2D eigenvalue weighted by Crippen LogP contribution is -2.42. The number of rotatable bonds is 4. The second-order valence-electron chi connectivity index (χ2n) is 5.05. The number of likely N-dealkylation sites (tertiary alicyclic amines) is 1. The first kappa shape index (κ1) is 15.7. The lowest BCUT2D eigenvalue weighted by atomic mass is 10.2. The first-order valence-electron chi connectivity index (χ1n) is 6.52. The van der Waals surface area contributed by atoms with E-state index in [-0.39, 0.29) is 19.0 Å². The molecule has 1 aromatic rings. The van der Waals surface area contributed by atoms with Crippen molar-refractivity contribution in [3.8, 4) is 0 Å². The molecule has 2 rings (SSSR count). The lowest BCUT2D eigenvalue weighted by Gasteiger charge is -2.14. The molecule has 0 unspecified atom stereocenters. The molecule has 21 heavy (non-hydrogen) atoms. The Balaban J connectivity index is 1.97. The maximum Gasteiger partial charge on any atom is 0.246 e. The van der Waals surface area contributed by atoms with E-state index < -0.39 is 22.2 Å². The summed E-state index contributed by atoms with van der Waals surface area (Å²) in [5, 5.41) is 9.81. The van der Waals surface area contributed by atoms with Crippen molar-refractivity contribution < 1.29 is 18.3 Å². The molecule has 6 nitrogen and oxygen atoms in total. The molecule has 0 bridgehead atoms. The second kappa shape index (κ2) is 6.38. The molecule has 1 aliphatic heterocycles. The predicted octanol–water partition coefficient (Wildman–Crippen LogP) is -0.179. The summed E-state index contributed by atoms with van der Waals surface area (Å²) < 4.78 is 24.7. The summed E-state index contributed by atoms with van der Waals surface area (Å²) in [5.41, 5.74) is 0.899. The maximum atomic E-state index is 12.0. The molecule has 1 heterocycles. The first-order valence-corrected chi connectivity index (χ1v) is 8.42. The van der Waals surface area contributed by atoms with Gasteiger partial charge in [-0.15, -0.1) is 0 Å². The number of nitrogens with one attached hydrogen (secondary N) is 1. The van der Waals surface area contributed by atoms with Crippen molar-refractivity contribution in [2.75, 3.05) is 19.3 Å². The highest BCUT2D eigenvalue weighted by Gasteiger charge is 2.34. The fourth-order valence-electron chi connectivity index (χ4n) is 2.19. The number of carbonyl (C=O) groups excluding carboxylic acids is 1. The third-order valence-corrected chi connectivity index (χ3v) is 3.91. The Morgan fingerprint density at radius 1 is 1.33 bits per heavy atom. The number of nitrogens with zero attached hydrogens (tertiary/aromatic N) is 1. The van der Waals surface area contributed by atoms with Gasteiger partial charge in [-0.05, 0) is 11.6 Å². The molecule has 0 spiro atoms. The monoisotopic (exact) mass is 310 g/mol. The normalized spacial score (nSPS) is 22.9. The van der Waals surface area contributed by atoms with E-state index in [1.807, 2.05) is 30.3 Å². The number of β-amino-alcohol motifs (C(OH)–C–C–N with tert-alkyl or cyclic N) is 1. The Morgan fingerprint density at radius 3 is 2.62 bits per heavy atom. The summed E-state index contributed by atoms with van der Waals surface area (Å²) in [6, 6.07) is 8.71. The van der Waals surface area contributed by atoms with Crippen LogP contribution in [0.1, 0.15) is 5.56 Å². The fraction of sp³-hybridized carbons (Fsp3) is 0.357. The van der Waals surface area contributed by atoms with E-state index in [2.05, 4.69) is 4.72 Å². The quantitative estimate of drug-likeness (QED) is 0.755. The number of amides is 1.